The number of anilines is 1. The van der Waals surface area contributed by atoms with E-state index in [0.29, 0.717) is 15.9 Å². The van der Waals surface area contributed by atoms with Gasteiger partial charge in [0.1, 0.15) is 4.21 Å². The first-order valence-corrected chi connectivity index (χ1v) is 7.95. The van der Waals surface area contributed by atoms with Gasteiger partial charge in [-0.1, -0.05) is 0 Å². The lowest BCUT2D eigenvalue weighted by atomic mass is 10.5. The minimum atomic E-state index is -3.49. The van der Waals surface area contributed by atoms with E-state index in [9.17, 15) is 8.42 Å². The smallest absolute Gasteiger partial charge is 0.273 e. The van der Waals surface area contributed by atoms with Crippen LogP contribution in [0.4, 0.5) is 5.13 Å². The van der Waals surface area contributed by atoms with Crippen LogP contribution in [0.15, 0.2) is 27.9 Å². The van der Waals surface area contributed by atoms with E-state index in [-0.39, 0.29) is 0 Å². The van der Waals surface area contributed by atoms with Crippen molar-refractivity contribution in [3.63, 3.8) is 0 Å². The summed E-state index contributed by atoms with van der Waals surface area (Å²) in [6, 6.07) is 3.41. The van der Waals surface area contributed by atoms with Gasteiger partial charge in [0, 0.05) is 23.0 Å². The molecule has 0 atom stereocenters. The van der Waals surface area contributed by atoms with E-state index < -0.39 is 10.0 Å². The lowest BCUT2D eigenvalue weighted by Crippen LogP contribution is -2.11. The average molecular weight is 289 g/mol. The van der Waals surface area contributed by atoms with Gasteiger partial charge < -0.3 is 5.32 Å². The van der Waals surface area contributed by atoms with Crippen molar-refractivity contribution < 1.29 is 8.42 Å². The monoisotopic (exact) mass is 289 g/mol. The molecular formula is C9H11N3O2S3. The van der Waals surface area contributed by atoms with Crippen molar-refractivity contribution in [3.05, 3.63) is 28.6 Å². The summed E-state index contributed by atoms with van der Waals surface area (Å²) < 4.78 is 26.7. The van der Waals surface area contributed by atoms with Gasteiger partial charge in [0.05, 0.1) is 0 Å². The van der Waals surface area contributed by atoms with Crippen LogP contribution in [0.2, 0.25) is 0 Å². The van der Waals surface area contributed by atoms with E-state index in [1.807, 2.05) is 7.05 Å². The molecule has 0 saturated carbocycles. The maximum absolute atomic E-state index is 12.0. The summed E-state index contributed by atoms with van der Waals surface area (Å²) in [5.41, 5.74) is 0. The van der Waals surface area contributed by atoms with Gasteiger partial charge in [0.25, 0.3) is 10.0 Å². The third-order valence-electron chi connectivity index (χ3n) is 1.91. The second-order valence-electron chi connectivity index (χ2n) is 3.19. The fourth-order valence-corrected chi connectivity index (χ4v) is 4.37. The molecular weight excluding hydrogens is 278 g/mol. The molecule has 0 radical (unpaired) electrons. The molecule has 5 nitrogen and oxygen atoms in total. The van der Waals surface area contributed by atoms with E-state index in [1.54, 1.807) is 23.7 Å². The molecule has 0 spiro atoms. The molecule has 0 saturated heterocycles. The summed E-state index contributed by atoms with van der Waals surface area (Å²) in [5.74, 6) is 0. The minimum Gasteiger partial charge on any atom is -0.315 e. The first-order valence-electron chi connectivity index (χ1n) is 4.77. The summed E-state index contributed by atoms with van der Waals surface area (Å²) in [5, 5.41) is 5.08. The predicted octanol–water partition coefficient (Wildman–Crippen LogP) is 1.72. The molecule has 2 N–H and O–H groups in total. The Balaban J connectivity index is 2.19. The van der Waals surface area contributed by atoms with Crippen molar-refractivity contribution in [3.8, 4) is 0 Å². The minimum absolute atomic E-state index is 0.304. The van der Waals surface area contributed by atoms with Crippen molar-refractivity contribution in [1.82, 2.24) is 10.3 Å². The molecule has 2 aromatic heterocycles. The highest BCUT2D eigenvalue weighted by atomic mass is 32.2. The summed E-state index contributed by atoms with van der Waals surface area (Å²) in [7, 11) is -1.67. The molecule has 0 fully saturated rings. The Hall–Kier alpha value is -0.960. The molecule has 0 unspecified atom stereocenters. The quantitative estimate of drug-likeness (QED) is 0.879. The SMILES string of the molecule is CNCc1ccc(S(=O)(=O)Nc2nccs2)s1. The van der Waals surface area contributed by atoms with Crippen LogP contribution in [-0.4, -0.2) is 20.4 Å². The largest absolute Gasteiger partial charge is 0.315 e. The van der Waals surface area contributed by atoms with E-state index in [4.69, 9.17) is 0 Å². The molecule has 0 aliphatic rings. The number of hydrogen-bond acceptors (Lipinski definition) is 6. The molecule has 0 aliphatic heterocycles. The van der Waals surface area contributed by atoms with Crippen LogP contribution >= 0.6 is 22.7 Å². The van der Waals surface area contributed by atoms with Crippen LogP contribution in [-0.2, 0) is 16.6 Å². The van der Waals surface area contributed by atoms with Crippen molar-refractivity contribution in [1.29, 1.82) is 0 Å². The van der Waals surface area contributed by atoms with Gasteiger partial charge in [-0.05, 0) is 19.2 Å². The first-order chi connectivity index (χ1) is 8.12. The number of rotatable bonds is 5. The van der Waals surface area contributed by atoms with Crippen molar-refractivity contribution >= 4 is 37.8 Å². The number of sulfonamides is 1. The van der Waals surface area contributed by atoms with Gasteiger partial charge in [0.15, 0.2) is 5.13 Å². The molecule has 0 amide bonds. The van der Waals surface area contributed by atoms with Crippen molar-refractivity contribution in [2.45, 2.75) is 10.8 Å². The standard InChI is InChI=1S/C9H11N3O2S3/c1-10-6-7-2-3-8(16-7)17(13,14)12-9-11-4-5-15-9/h2-5,10H,6H2,1H3,(H,11,12). The van der Waals surface area contributed by atoms with E-state index >= 15 is 0 Å². The van der Waals surface area contributed by atoms with Crippen LogP contribution in [0.1, 0.15) is 4.88 Å². The molecule has 0 aromatic carbocycles. The van der Waals surface area contributed by atoms with Gasteiger partial charge in [0.2, 0.25) is 0 Å². The third-order valence-corrected chi connectivity index (χ3v) is 5.64. The Labute approximate surface area is 108 Å². The van der Waals surface area contributed by atoms with Gasteiger partial charge >= 0.3 is 0 Å². The lowest BCUT2D eigenvalue weighted by Gasteiger charge is -2.01. The van der Waals surface area contributed by atoms with Crippen LogP contribution in [0.5, 0.6) is 0 Å². The number of nitrogens with zero attached hydrogens (tertiary/aromatic N) is 1. The first kappa shape index (κ1) is 12.5. The van der Waals surface area contributed by atoms with Crippen LogP contribution in [0, 0.1) is 0 Å². The van der Waals surface area contributed by atoms with Gasteiger partial charge in [-0.3, -0.25) is 4.72 Å². The van der Waals surface area contributed by atoms with Gasteiger partial charge in [-0.2, -0.15) is 0 Å². The maximum Gasteiger partial charge on any atom is 0.273 e. The predicted molar refractivity (Wildman–Crippen MR) is 70.0 cm³/mol. The van der Waals surface area contributed by atoms with Crippen LogP contribution in [0.25, 0.3) is 0 Å². The number of thiazole rings is 1. The molecule has 8 heteroatoms. The zero-order chi connectivity index (χ0) is 12.3. The van der Waals surface area contributed by atoms with Gasteiger partial charge in [-0.25, -0.2) is 13.4 Å². The molecule has 0 bridgehead atoms. The fourth-order valence-electron chi connectivity index (χ4n) is 1.21. The summed E-state index contributed by atoms with van der Waals surface area (Å²) in [4.78, 5) is 4.87. The molecule has 2 aromatic rings. The molecule has 17 heavy (non-hydrogen) atoms. The van der Waals surface area contributed by atoms with Gasteiger partial charge in [-0.15, -0.1) is 22.7 Å². The summed E-state index contributed by atoms with van der Waals surface area (Å²) in [6.45, 7) is 0.664. The Kier molecular flexibility index (Phi) is 3.77. The Bertz CT molecular complexity index is 574. The lowest BCUT2D eigenvalue weighted by molar-refractivity contribution is 0.603. The van der Waals surface area contributed by atoms with Crippen molar-refractivity contribution in [2.75, 3.05) is 11.8 Å². The highest BCUT2D eigenvalue weighted by molar-refractivity contribution is 7.94. The zero-order valence-corrected chi connectivity index (χ0v) is 11.5. The van der Waals surface area contributed by atoms with E-state index in [1.165, 1.54) is 22.7 Å². The number of nitrogens with one attached hydrogen (secondary N) is 2. The van der Waals surface area contributed by atoms with Crippen LogP contribution < -0.4 is 10.0 Å². The van der Waals surface area contributed by atoms with E-state index in [2.05, 4.69) is 15.0 Å². The summed E-state index contributed by atoms with van der Waals surface area (Å²) >= 11 is 2.50. The Morgan fingerprint density at radius 1 is 1.41 bits per heavy atom. The van der Waals surface area contributed by atoms with E-state index in [0.717, 1.165) is 4.88 Å². The number of aromatic nitrogens is 1. The Morgan fingerprint density at radius 3 is 2.88 bits per heavy atom. The number of thiophene rings is 1. The third kappa shape index (κ3) is 3.03. The zero-order valence-electron chi connectivity index (χ0n) is 9.00. The fraction of sp³-hybridized carbons (Fsp3) is 0.222. The molecule has 0 aliphatic carbocycles. The molecule has 2 heterocycles. The summed E-state index contributed by atoms with van der Waals surface area (Å²) in [6.07, 6.45) is 1.56. The van der Waals surface area contributed by atoms with Crippen molar-refractivity contribution in [2.24, 2.45) is 0 Å². The normalized spacial score (nSPS) is 11.6. The second kappa shape index (κ2) is 5.13. The topological polar surface area (TPSA) is 71.1 Å². The molecule has 2 rings (SSSR count). The van der Waals surface area contributed by atoms with Crippen LogP contribution in [0.3, 0.4) is 0 Å². The second-order valence-corrected chi connectivity index (χ2v) is 7.17. The molecule has 92 valence electrons. The average Bonchev–Trinajstić information content (AvgIpc) is 2.88. The highest BCUT2D eigenvalue weighted by Gasteiger charge is 2.17. The number of hydrogen-bond donors (Lipinski definition) is 2. The highest BCUT2D eigenvalue weighted by Crippen LogP contribution is 2.24. The maximum atomic E-state index is 12.0. The Morgan fingerprint density at radius 2 is 2.24 bits per heavy atom.